The third-order valence-corrected chi connectivity index (χ3v) is 6.71. The van der Waals surface area contributed by atoms with E-state index in [1.807, 2.05) is 71.9 Å². The van der Waals surface area contributed by atoms with Crippen LogP contribution in [0.5, 0.6) is 5.75 Å². The van der Waals surface area contributed by atoms with E-state index in [-0.39, 0.29) is 43.8 Å². The highest BCUT2D eigenvalue weighted by molar-refractivity contribution is 5.95. The number of halogens is 2. The lowest BCUT2D eigenvalue weighted by Crippen LogP contribution is -2.47. The predicted molar refractivity (Wildman–Crippen MR) is 134 cm³/mol. The zero-order chi connectivity index (χ0) is 26.4. The van der Waals surface area contributed by atoms with Crippen LogP contribution in [0.4, 0.5) is 8.78 Å². The van der Waals surface area contributed by atoms with Gasteiger partial charge in [-0.2, -0.15) is 4.98 Å². The molecule has 1 aliphatic carbocycles. The summed E-state index contributed by atoms with van der Waals surface area (Å²) in [5.74, 6) is -3.40. The molecule has 35 heavy (non-hydrogen) atoms. The molecule has 0 atom stereocenters. The lowest BCUT2D eigenvalue weighted by molar-refractivity contribution is -0.0525. The first-order chi connectivity index (χ1) is 16.6. The number of aromatic nitrogens is 2. The minimum Gasteiger partial charge on any atom is -0.501 e. The first kappa shape index (κ1) is 28.5. The molecule has 1 saturated carbocycles. The van der Waals surface area contributed by atoms with Crippen LogP contribution in [0.2, 0.25) is 0 Å². The fourth-order valence-corrected chi connectivity index (χ4v) is 4.88. The maximum atomic E-state index is 14.0. The van der Waals surface area contributed by atoms with Gasteiger partial charge >= 0.3 is 5.56 Å². The first-order valence-electron chi connectivity index (χ1n) is 12.7. The fourth-order valence-electron chi connectivity index (χ4n) is 4.88. The van der Waals surface area contributed by atoms with Gasteiger partial charge in [0.05, 0.1) is 0 Å². The molecule has 2 aromatic rings. The maximum absolute atomic E-state index is 14.0. The second kappa shape index (κ2) is 11.8. The molecule has 1 aliphatic heterocycles. The molecule has 0 bridgehead atoms. The van der Waals surface area contributed by atoms with E-state index in [0.29, 0.717) is 18.9 Å². The Morgan fingerprint density at radius 3 is 2.09 bits per heavy atom. The van der Waals surface area contributed by atoms with Gasteiger partial charge in [-0.15, -0.1) is 0 Å². The zero-order valence-electron chi connectivity index (χ0n) is 21.8. The smallest absolute Gasteiger partial charge is 0.315 e. The van der Waals surface area contributed by atoms with E-state index in [1.165, 1.54) is 0 Å². The van der Waals surface area contributed by atoms with Crippen molar-refractivity contribution in [1.82, 2.24) is 14.5 Å². The lowest BCUT2D eigenvalue weighted by Gasteiger charge is -2.41. The molecule has 8 heteroatoms. The van der Waals surface area contributed by atoms with Crippen molar-refractivity contribution in [1.29, 1.82) is 0 Å². The van der Waals surface area contributed by atoms with Gasteiger partial charge in [-0.25, -0.2) is 8.78 Å². The standard InChI is InChI=1S/C23H27F2N3O3.2C2H6/c1-15(2)27-12-13-28-17(26-20(30)19(29)18(28)21(27)31)14-22(16-6-4-3-5-7-16)8-10-23(24,25)11-9-22;2*1-2/h3-7,15,29H,8-14H2,1-2H3;2*1-2H3. The van der Waals surface area contributed by atoms with Crippen LogP contribution < -0.4 is 5.56 Å². The van der Waals surface area contributed by atoms with Gasteiger partial charge < -0.3 is 14.6 Å². The minimum atomic E-state index is -2.70. The summed E-state index contributed by atoms with van der Waals surface area (Å²) in [6, 6.07) is 9.39. The Morgan fingerprint density at radius 2 is 1.54 bits per heavy atom. The third-order valence-electron chi connectivity index (χ3n) is 6.71. The Balaban J connectivity index is 0.00000103. The molecule has 0 spiro atoms. The average Bonchev–Trinajstić information content (AvgIpc) is 2.86. The van der Waals surface area contributed by atoms with Gasteiger partial charge in [0.15, 0.2) is 5.69 Å². The summed E-state index contributed by atoms with van der Waals surface area (Å²) in [4.78, 5) is 31.1. The summed E-state index contributed by atoms with van der Waals surface area (Å²) in [5.41, 5.74) is -0.602. The number of carbonyl (C=O) groups excluding carboxylic acids is 1. The number of rotatable bonds is 4. The number of fused-ring (bicyclic) bond motifs is 1. The number of nitrogens with zero attached hydrogens (tertiary/aromatic N) is 3. The summed E-state index contributed by atoms with van der Waals surface area (Å²) in [6.45, 7) is 12.6. The Kier molecular flexibility index (Phi) is 9.58. The Labute approximate surface area is 207 Å². The minimum absolute atomic E-state index is 0.0562. The molecule has 1 amide bonds. The molecular weight excluding hydrogens is 452 g/mol. The van der Waals surface area contributed by atoms with Crippen molar-refractivity contribution in [2.75, 3.05) is 6.54 Å². The van der Waals surface area contributed by atoms with Crippen LogP contribution >= 0.6 is 0 Å². The number of amides is 1. The van der Waals surface area contributed by atoms with Crippen LogP contribution in [0.1, 0.15) is 89.1 Å². The molecule has 1 N–H and O–H groups in total. The molecule has 4 rings (SSSR count). The Hall–Kier alpha value is -2.77. The van der Waals surface area contributed by atoms with Gasteiger partial charge in [-0.1, -0.05) is 58.0 Å². The summed E-state index contributed by atoms with van der Waals surface area (Å²) >= 11 is 0. The van der Waals surface area contributed by atoms with Crippen LogP contribution in [0.15, 0.2) is 35.1 Å². The second-order valence-electron chi connectivity index (χ2n) is 8.95. The molecule has 0 saturated heterocycles. The monoisotopic (exact) mass is 491 g/mol. The number of hydrogen-bond donors (Lipinski definition) is 1. The first-order valence-corrected chi connectivity index (χ1v) is 12.7. The van der Waals surface area contributed by atoms with Crippen molar-refractivity contribution < 1.29 is 18.7 Å². The van der Waals surface area contributed by atoms with E-state index in [4.69, 9.17) is 0 Å². The van der Waals surface area contributed by atoms with Crippen LogP contribution in [-0.2, 0) is 18.4 Å². The molecule has 0 radical (unpaired) electrons. The predicted octanol–water partition coefficient (Wildman–Crippen LogP) is 5.56. The summed E-state index contributed by atoms with van der Waals surface area (Å²) in [5, 5.41) is 10.4. The quantitative estimate of drug-likeness (QED) is 0.608. The van der Waals surface area contributed by atoms with Gasteiger partial charge in [0, 0.05) is 43.8 Å². The molecule has 1 fully saturated rings. The molecule has 1 aromatic carbocycles. The van der Waals surface area contributed by atoms with Crippen LogP contribution in [0.25, 0.3) is 0 Å². The van der Waals surface area contributed by atoms with Gasteiger partial charge in [-0.05, 0) is 32.3 Å². The molecule has 194 valence electrons. The number of carbonyl (C=O) groups is 1. The van der Waals surface area contributed by atoms with E-state index >= 15 is 0 Å². The zero-order valence-corrected chi connectivity index (χ0v) is 21.8. The SMILES string of the molecule is CC.CC.CC(C)N1CCn2c(CC3(c4ccccc4)CCC(F)(F)CC3)nc(=O)c(O)c2C1=O. The molecule has 2 heterocycles. The summed E-state index contributed by atoms with van der Waals surface area (Å²) < 4.78 is 29.6. The second-order valence-corrected chi connectivity index (χ2v) is 8.95. The fraction of sp³-hybridized carbons (Fsp3) is 0.593. The van der Waals surface area contributed by atoms with Gasteiger partial charge in [0.1, 0.15) is 5.82 Å². The normalized spacial score (nSPS) is 18.1. The van der Waals surface area contributed by atoms with E-state index in [9.17, 15) is 23.5 Å². The molecule has 1 aromatic heterocycles. The highest BCUT2D eigenvalue weighted by Gasteiger charge is 2.45. The van der Waals surface area contributed by atoms with Gasteiger partial charge in [0.25, 0.3) is 5.91 Å². The number of benzene rings is 1. The Morgan fingerprint density at radius 1 is 0.971 bits per heavy atom. The molecule has 0 unspecified atom stereocenters. The molecular formula is C27H39F2N3O3. The van der Waals surface area contributed by atoms with Crippen molar-refractivity contribution in [3.63, 3.8) is 0 Å². The van der Waals surface area contributed by atoms with Crippen molar-refractivity contribution in [2.24, 2.45) is 0 Å². The molecule has 6 nitrogen and oxygen atoms in total. The number of alkyl halides is 2. The Bertz CT molecular complexity index is 1040. The van der Waals surface area contributed by atoms with Crippen LogP contribution in [-0.4, -0.2) is 44.0 Å². The van der Waals surface area contributed by atoms with E-state index in [1.54, 1.807) is 9.47 Å². The largest absolute Gasteiger partial charge is 0.501 e. The van der Waals surface area contributed by atoms with Crippen LogP contribution in [0.3, 0.4) is 0 Å². The summed E-state index contributed by atoms with van der Waals surface area (Å²) in [6.07, 6.45) is 0.281. The van der Waals surface area contributed by atoms with Crippen molar-refractivity contribution in [3.05, 3.63) is 57.8 Å². The van der Waals surface area contributed by atoms with Crippen LogP contribution in [0, 0.1) is 0 Å². The number of hydrogen-bond acceptors (Lipinski definition) is 4. The lowest BCUT2D eigenvalue weighted by atomic mass is 9.66. The van der Waals surface area contributed by atoms with E-state index in [0.717, 1.165) is 5.56 Å². The van der Waals surface area contributed by atoms with Crippen molar-refractivity contribution in [2.45, 2.75) is 97.6 Å². The summed E-state index contributed by atoms with van der Waals surface area (Å²) in [7, 11) is 0. The molecule has 2 aliphatic rings. The number of aromatic hydroxyl groups is 1. The van der Waals surface area contributed by atoms with E-state index in [2.05, 4.69) is 4.98 Å². The average molecular weight is 492 g/mol. The maximum Gasteiger partial charge on any atom is 0.315 e. The highest BCUT2D eigenvalue weighted by atomic mass is 19.3. The van der Waals surface area contributed by atoms with Gasteiger partial charge in [-0.3, -0.25) is 9.59 Å². The highest BCUT2D eigenvalue weighted by Crippen LogP contribution is 2.47. The van der Waals surface area contributed by atoms with Crippen molar-refractivity contribution in [3.8, 4) is 5.75 Å². The third kappa shape index (κ3) is 5.90. The van der Waals surface area contributed by atoms with Gasteiger partial charge in [0.2, 0.25) is 11.7 Å². The topological polar surface area (TPSA) is 75.4 Å². The van der Waals surface area contributed by atoms with E-state index < -0.39 is 28.6 Å². The van der Waals surface area contributed by atoms with Crippen molar-refractivity contribution >= 4 is 5.91 Å².